The van der Waals surface area contributed by atoms with Crippen LogP contribution in [0.2, 0.25) is 12.6 Å². The van der Waals surface area contributed by atoms with Crippen LogP contribution in [0.1, 0.15) is 6.92 Å². The third-order valence-electron chi connectivity index (χ3n) is 3.09. The van der Waals surface area contributed by atoms with Gasteiger partial charge in [-0.3, -0.25) is 0 Å². The highest BCUT2D eigenvalue weighted by molar-refractivity contribution is 6.92. The van der Waals surface area contributed by atoms with Crippen molar-refractivity contribution in [2.45, 2.75) is 19.5 Å². The van der Waals surface area contributed by atoms with Crippen LogP contribution in [0.25, 0.3) is 0 Å². The third kappa shape index (κ3) is 1.32. The second kappa shape index (κ2) is 3.47. The van der Waals surface area contributed by atoms with Crippen molar-refractivity contribution in [2.24, 2.45) is 0 Å². The molecule has 0 saturated carbocycles. The molecule has 1 heteroatoms. The van der Waals surface area contributed by atoms with E-state index in [1.165, 1.54) is 16.4 Å². The maximum atomic E-state index is 3.36. The molecule has 0 radical (unpaired) electrons. The summed E-state index contributed by atoms with van der Waals surface area (Å²) in [5.74, 6) is 0. The first-order valence-corrected chi connectivity index (χ1v) is 7.76. The predicted molar refractivity (Wildman–Crippen MR) is 63.6 cm³/mol. The van der Waals surface area contributed by atoms with E-state index in [1.807, 2.05) is 12.2 Å². The standard InChI is InChI=1S/C13H14Si/c1-3-14(2,12-8-4-5-9-12)13-10-6-7-11-13/h4-8,10H,3H2,1-2H3. The molecule has 0 aliphatic heterocycles. The van der Waals surface area contributed by atoms with Crippen LogP contribution in [-0.2, 0) is 0 Å². The lowest BCUT2D eigenvalue weighted by Gasteiger charge is -2.25. The van der Waals surface area contributed by atoms with E-state index in [2.05, 4.69) is 49.2 Å². The Bertz CT molecular complexity index is 396. The first kappa shape index (κ1) is 9.30. The largest absolute Gasteiger partial charge is 0.134 e. The van der Waals surface area contributed by atoms with Crippen LogP contribution in [-0.4, -0.2) is 8.07 Å². The van der Waals surface area contributed by atoms with Crippen molar-refractivity contribution in [1.82, 2.24) is 0 Å². The monoisotopic (exact) mass is 198 g/mol. The molecule has 0 spiro atoms. The van der Waals surface area contributed by atoms with Gasteiger partial charge in [-0.1, -0.05) is 43.8 Å². The zero-order chi connectivity index (χ0) is 10.0. The minimum atomic E-state index is -1.48. The van der Waals surface area contributed by atoms with Crippen LogP contribution >= 0.6 is 0 Å². The molecule has 0 unspecified atom stereocenters. The molecule has 2 aliphatic rings. The molecule has 0 fully saturated rings. The van der Waals surface area contributed by atoms with Crippen LogP contribution in [0.4, 0.5) is 0 Å². The first-order chi connectivity index (χ1) is 6.77. The number of allylic oxidation sites excluding steroid dienone is 6. The summed E-state index contributed by atoms with van der Waals surface area (Å²) < 4.78 is 0. The molecule has 0 aromatic rings. The second-order valence-electron chi connectivity index (χ2n) is 3.85. The van der Waals surface area contributed by atoms with E-state index in [0.29, 0.717) is 0 Å². The third-order valence-corrected chi connectivity index (χ3v) is 7.51. The molecule has 0 bridgehead atoms. The molecule has 0 aromatic heterocycles. The lowest BCUT2D eigenvalue weighted by Crippen LogP contribution is -2.33. The molecule has 0 atom stereocenters. The quantitative estimate of drug-likeness (QED) is 0.481. The average Bonchev–Trinajstić information content (AvgIpc) is 2.88. The van der Waals surface area contributed by atoms with Gasteiger partial charge < -0.3 is 0 Å². The van der Waals surface area contributed by atoms with Gasteiger partial charge >= 0.3 is 0 Å². The van der Waals surface area contributed by atoms with Gasteiger partial charge in [0.2, 0.25) is 0 Å². The Labute approximate surface area is 86.4 Å². The van der Waals surface area contributed by atoms with Gasteiger partial charge in [-0.2, -0.15) is 0 Å². The summed E-state index contributed by atoms with van der Waals surface area (Å²) in [6.45, 7) is 4.67. The van der Waals surface area contributed by atoms with E-state index in [9.17, 15) is 0 Å². The fourth-order valence-electron chi connectivity index (χ4n) is 1.87. The molecule has 2 rings (SSSR count). The second-order valence-corrected chi connectivity index (χ2v) is 8.30. The molecule has 0 aromatic carbocycles. The highest BCUT2D eigenvalue weighted by atomic mass is 28.3. The van der Waals surface area contributed by atoms with E-state index in [1.54, 1.807) is 0 Å². The summed E-state index contributed by atoms with van der Waals surface area (Å²) in [6.07, 6.45) is 12.6. The van der Waals surface area contributed by atoms with Crippen LogP contribution in [0.5, 0.6) is 0 Å². The fourth-order valence-corrected chi connectivity index (χ4v) is 4.66. The van der Waals surface area contributed by atoms with Gasteiger partial charge in [-0.15, -0.1) is 11.5 Å². The summed E-state index contributed by atoms with van der Waals surface area (Å²) in [5.41, 5.74) is 6.72. The predicted octanol–water partition coefficient (Wildman–Crippen LogP) is 3.47. The maximum absolute atomic E-state index is 3.36. The molecule has 14 heavy (non-hydrogen) atoms. The van der Waals surface area contributed by atoms with Crippen molar-refractivity contribution < 1.29 is 0 Å². The molecule has 2 aliphatic carbocycles. The molecule has 0 heterocycles. The van der Waals surface area contributed by atoms with Crippen molar-refractivity contribution in [3.8, 4) is 0 Å². The summed E-state index contributed by atoms with van der Waals surface area (Å²) in [6, 6.07) is 1.22. The normalized spacial score (nSPS) is 17.9. The van der Waals surface area contributed by atoms with Gasteiger partial charge in [0.15, 0.2) is 0 Å². The summed E-state index contributed by atoms with van der Waals surface area (Å²) >= 11 is 0. The van der Waals surface area contributed by atoms with E-state index < -0.39 is 8.07 Å². The van der Waals surface area contributed by atoms with Crippen molar-refractivity contribution in [3.05, 3.63) is 58.3 Å². The molecule has 70 valence electrons. The van der Waals surface area contributed by atoms with E-state index >= 15 is 0 Å². The Kier molecular flexibility index (Phi) is 2.31. The molecule has 0 nitrogen and oxygen atoms in total. The first-order valence-electron chi connectivity index (χ1n) is 5.05. The fraction of sp³-hybridized carbons (Fsp3) is 0.231. The average molecular weight is 198 g/mol. The lowest BCUT2D eigenvalue weighted by atomic mass is 10.6. The van der Waals surface area contributed by atoms with Gasteiger partial charge in [0, 0.05) is 0 Å². The number of rotatable bonds is 3. The Morgan fingerprint density at radius 2 is 1.57 bits per heavy atom. The van der Waals surface area contributed by atoms with Gasteiger partial charge in [0.05, 0.1) is 0 Å². The molecule has 0 N–H and O–H groups in total. The minimum absolute atomic E-state index is 1.22. The SMILES string of the molecule is CC[Si](C)(C1=C=CC=C1)C1=C=CC=C1. The Morgan fingerprint density at radius 1 is 1.07 bits per heavy atom. The lowest BCUT2D eigenvalue weighted by molar-refractivity contribution is 1.36. The minimum Gasteiger partial charge on any atom is -0.121 e. The van der Waals surface area contributed by atoms with Crippen molar-refractivity contribution in [2.75, 3.05) is 0 Å². The Morgan fingerprint density at radius 3 is 1.86 bits per heavy atom. The molecule has 0 amide bonds. The summed E-state index contributed by atoms with van der Waals surface area (Å²) in [5, 5.41) is 2.81. The topological polar surface area (TPSA) is 0 Å². The Hall–Kier alpha value is -1.26. The van der Waals surface area contributed by atoms with Crippen molar-refractivity contribution in [1.29, 1.82) is 0 Å². The number of hydrogen-bond donors (Lipinski definition) is 0. The maximum Gasteiger partial charge on any atom is 0.134 e. The molecule has 0 saturated heterocycles. The van der Waals surface area contributed by atoms with Crippen LogP contribution < -0.4 is 0 Å². The van der Waals surface area contributed by atoms with Crippen molar-refractivity contribution >= 4 is 8.07 Å². The van der Waals surface area contributed by atoms with E-state index in [-0.39, 0.29) is 0 Å². The highest BCUT2D eigenvalue weighted by Gasteiger charge is 2.33. The van der Waals surface area contributed by atoms with Gasteiger partial charge in [0.25, 0.3) is 0 Å². The summed E-state index contributed by atoms with van der Waals surface area (Å²) in [7, 11) is -1.48. The van der Waals surface area contributed by atoms with Gasteiger partial charge in [-0.25, -0.2) is 0 Å². The molecular weight excluding hydrogens is 184 g/mol. The van der Waals surface area contributed by atoms with Crippen LogP contribution in [0, 0.1) is 0 Å². The van der Waals surface area contributed by atoms with Crippen LogP contribution in [0.3, 0.4) is 0 Å². The van der Waals surface area contributed by atoms with Crippen molar-refractivity contribution in [3.63, 3.8) is 0 Å². The van der Waals surface area contributed by atoms with Gasteiger partial charge in [-0.05, 0) is 22.5 Å². The zero-order valence-electron chi connectivity index (χ0n) is 8.67. The van der Waals surface area contributed by atoms with E-state index in [4.69, 9.17) is 0 Å². The van der Waals surface area contributed by atoms with Crippen LogP contribution in [0.15, 0.2) is 58.3 Å². The van der Waals surface area contributed by atoms with E-state index in [0.717, 1.165) is 0 Å². The smallest absolute Gasteiger partial charge is 0.121 e. The Balaban J connectivity index is 2.45. The zero-order valence-corrected chi connectivity index (χ0v) is 9.67. The van der Waals surface area contributed by atoms with Gasteiger partial charge in [0.1, 0.15) is 8.07 Å². The highest BCUT2D eigenvalue weighted by Crippen LogP contribution is 2.31. The number of hydrogen-bond acceptors (Lipinski definition) is 0. The molecular formula is C13H14Si. The summed E-state index contributed by atoms with van der Waals surface area (Å²) in [4.78, 5) is 0.